The molecule has 5 nitrogen and oxygen atoms in total. The number of halogens is 2. The molecule has 1 aliphatic rings. The van der Waals surface area contributed by atoms with Gasteiger partial charge in [0.15, 0.2) is 0 Å². The van der Waals surface area contributed by atoms with E-state index in [1.165, 1.54) is 4.90 Å². The van der Waals surface area contributed by atoms with Gasteiger partial charge in [-0.1, -0.05) is 0 Å². The zero-order chi connectivity index (χ0) is 12.4. The SMILES string of the molecule is Cn1cnnc1C1CCCN(C(=O)C(F)F)C1. The molecule has 0 aromatic carbocycles. The van der Waals surface area contributed by atoms with Crippen LogP contribution >= 0.6 is 0 Å². The highest BCUT2D eigenvalue weighted by Gasteiger charge is 2.30. The number of likely N-dealkylation sites (tertiary alicyclic amines) is 1. The molecule has 1 atom stereocenters. The van der Waals surface area contributed by atoms with E-state index in [1.54, 1.807) is 10.9 Å². The number of piperidine rings is 1. The Bertz CT molecular complexity index is 407. The summed E-state index contributed by atoms with van der Waals surface area (Å²) < 4.78 is 26.4. The molecule has 2 rings (SSSR count). The first kappa shape index (κ1) is 11.9. The molecule has 0 N–H and O–H groups in total. The maximum atomic E-state index is 12.3. The highest BCUT2D eigenvalue weighted by molar-refractivity contribution is 5.79. The fourth-order valence-corrected chi connectivity index (χ4v) is 2.19. The van der Waals surface area contributed by atoms with Gasteiger partial charge in [0.2, 0.25) is 0 Å². The molecule has 1 aromatic rings. The summed E-state index contributed by atoms with van der Waals surface area (Å²) in [5.74, 6) is -0.340. The van der Waals surface area contributed by atoms with Crippen LogP contribution in [-0.4, -0.2) is 45.1 Å². The van der Waals surface area contributed by atoms with E-state index in [9.17, 15) is 13.6 Å². The molecule has 0 spiro atoms. The monoisotopic (exact) mass is 244 g/mol. The highest BCUT2D eigenvalue weighted by Crippen LogP contribution is 2.25. The van der Waals surface area contributed by atoms with E-state index >= 15 is 0 Å². The van der Waals surface area contributed by atoms with Crippen LogP contribution in [0.1, 0.15) is 24.6 Å². The van der Waals surface area contributed by atoms with Gasteiger partial charge < -0.3 is 9.47 Å². The van der Waals surface area contributed by atoms with E-state index in [4.69, 9.17) is 0 Å². The number of carbonyl (C=O) groups is 1. The number of hydrogen-bond donors (Lipinski definition) is 0. The van der Waals surface area contributed by atoms with Crippen molar-refractivity contribution in [2.75, 3.05) is 13.1 Å². The van der Waals surface area contributed by atoms with Gasteiger partial charge in [0.25, 0.3) is 5.91 Å². The Morgan fingerprint density at radius 3 is 2.94 bits per heavy atom. The molecule has 1 unspecified atom stereocenters. The van der Waals surface area contributed by atoms with Crippen LogP contribution < -0.4 is 0 Å². The van der Waals surface area contributed by atoms with Crippen LogP contribution in [0.3, 0.4) is 0 Å². The van der Waals surface area contributed by atoms with Crippen LogP contribution in [0.5, 0.6) is 0 Å². The Hall–Kier alpha value is -1.53. The quantitative estimate of drug-likeness (QED) is 0.772. The minimum absolute atomic E-state index is 0.000972. The van der Waals surface area contributed by atoms with Crippen LogP contribution in [0.25, 0.3) is 0 Å². The molecule has 1 aromatic heterocycles. The standard InChI is InChI=1S/C10H14F2N4O/c1-15-6-13-14-9(15)7-3-2-4-16(5-7)10(17)8(11)12/h6-8H,2-5H2,1H3. The molecule has 0 aliphatic carbocycles. The van der Waals surface area contributed by atoms with E-state index in [0.717, 1.165) is 18.7 Å². The summed E-state index contributed by atoms with van der Waals surface area (Å²) >= 11 is 0. The third-order valence-electron chi connectivity index (χ3n) is 3.03. The zero-order valence-electron chi connectivity index (χ0n) is 9.51. The molecule has 17 heavy (non-hydrogen) atoms. The molecule has 1 saturated heterocycles. The number of amides is 1. The van der Waals surface area contributed by atoms with Gasteiger partial charge in [-0.2, -0.15) is 8.78 Å². The second kappa shape index (κ2) is 4.77. The number of aromatic nitrogens is 3. The predicted molar refractivity (Wildman–Crippen MR) is 55.6 cm³/mol. The molecule has 1 aliphatic heterocycles. The van der Waals surface area contributed by atoms with E-state index in [0.29, 0.717) is 13.1 Å². The third-order valence-corrected chi connectivity index (χ3v) is 3.03. The number of carbonyl (C=O) groups excluding carboxylic acids is 1. The molecule has 2 heterocycles. The maximum absolute atomic E-state index is 12.3. The van der Waals surface area contributed by atoms with Gasteiger partial charge >= 0.3 is 6.43 Å². The summed E-state index contributed by atoms with van der Waals surface area (Å²) in [4.78, 5) is 12.4. The van der Waals surface area contributed by atoms with E-state index in [-0.39, 0.29) is 5.92 Å². The predicted octanol–water partition coefficient (Wildman–Crippen LogP) is 0.786. The van der Waals surface area contributed by atoms with E-state index < -0.39 is 12.3 Å². The molecule has 1 amide bonds. The lowest BCUT2D eigenvalue weighted by Crippen LogP contribution is -2.42. The molecular formula is C10H14F2N4O. The number of rotatable bonds is 2. The Balaban J connectivity index is 2.08. The molecule has 0 radical (unpaired) electrons. The molecule has 94 valence electrons. The smallest absolute Gasteiger partial charge is 0.315 e. The third kappa shape index (κ3) is 2.42. The van der Waals surface area contributed by atoms with Crippen molar-refractivity contribution < 1.29 is 13.6 Å². The van der Waals surface area contributed by atoms with Gasteiger partial charge in [0.1, 0.15) is 12.2 Å². The van der Waals surface area contributed by atoms with Crippen LogP contribution in [0.15, 0.2) is 6.33 Å². The minimum Gasteiger partial charge on any atom is -0.337 e. The minimum atomic E-state index is -2.92. The van der Waals surface area contributed by atoms with Gasteiger partial charge in [-0.3, -0.25) is 4.79 Å². The van der Waals surface area contributed by atoms with Gasteiger partial charge in [-0.25, -0.2) is 0 Å². The van der Waals surface area contributed by atoms with Crippen molar-refractivity contribution in [1.82, 2.24) is 19.7 Å². The van der Waals surface area contributed by atoms with Gasteiger partial charge in [-0.15, -0.1) is 10.2 Å². The number of aryl methyl sites for hydroxylation is 1. The lowest BCUT2D eigenvalue weighted by Gasteiger charge is -2.31. The summed E-state index contributed by atoms with van der Waals surface area (Å²) in [5.41, 5.74) is 0. The van der Waals surface area contributed by atoms with Crippen molar-refractivity contribution in [1.29, 1.82) is 0 Å². The summed E-state index contributed by atoms with van der Waals surface area (Å²) in [5, 5.41) is 7.73. The number of hydrogen-bond acceptors (Lipinski definition) is 3. The first-order valence-corrected chi connectivity index (χ1v) is 5.50. The Morgan fingerprint density at radius 2 is 2.35 bits per heavy atom. The van der Waals surface area contributed by atoms with Crippen molar-refractivity contribution in [2.45, 2.75) is 25.2 Å². The first-order valence-electron chi connectivity index (χ1n) is 5.50. The van der Waals surface area contributed by atoms with Crippen molar-refractivity contribution in [3.63, 3.8) is 0 Å². The normalized spacial score (nSPS) is 20.9. The fourth-order valence-electron chi connectivity index (χ4n) is 2.19. The number of alkyl halides is 2. The van der Waals surface area contributed by atoms with Crippen molar-refractivity contribution >= 4 is 5.91 Å². The van der Waals surface area contributed by atoms with Crippen molar-refractivity contribution in [2.24, 2.45) is 7.05 Å². The summed E-state index contributed by atoms with van der Waals surface area (Å²) in [6.45, 7) is 0.702. The molecule has 1 fully saturated rings. The second-order valence-corrected chi connectivity index (χ2v) is 4.22. The van der Waals surface area contributed by atoms with Crippen LogP contribution in [0.4, 0.5) is 8.78 Å². The number of nitrogens with zero attached hydrogens (tertiary/aromatic N) is 4. The Morgan fingerprint density at radius 1 is 1.59 bits per heavy atom. The largest absolute Gasteiger partial charge is 0.337 e. The fraction of sp³-hybridized carbons (Fsp3) is 0.700. The molecular weight excluding hydrogens is 230 g/mol. The summed E-state index contributed by atoms with van der Waals surface area (Å²) in [7, 11) is 1.81. The van der Waals surface area contributed by atoms with Crippen LogP contribution in [0.2, 0.25) is 0 Å². The molecule has 0 bridgehead atoms. The first-order chi connectivity index (χ1) is 8.09. The summed E-state index contributed by atoms with van der Waals surface area (Å²) in [6, 6.07) is 0. The average Bonchev–Trinajstić information content (AvgIpc) is 2.74. The average molecular weight is 244 g/mol. The zero-order valence-corrected chi connectivity index (χ0v) is 9.51. The van der Waals surface area contributed by atoms with Crippen LogP contribution in [-0.2, 0) is 11.8 Å². The highest BCUT2D eigenvalue weighted by atomic mass is 19.3. The van der Waals surface area contributed by atoms with Crippen molar-refractivity contribution in [3.05, 3.63) is 12.2 Å². The van der Waals surface area contributed by atoms with E-state index in [2.05, 4.69) is 10.2 Å². The summed E-state index contributed by atoms with van der Waals surface area (Å²) in [6.07, 6.45) is 0.215. The lowest BCUT2D eigenvalue weighted by atomic mass is 9.97. The lowest BCUT2D eigenvalue weighted by molar-refractivity contribution is -0.144. The van der Waals surface area contributed by atoms with Gasteiger partial charge in [0, 0.05) is 26.1 Å². The van der Waals surface area contributed by atoms with Crippen LogP contribution in [0, 0.1) is 0 Å². The van der Waals surface area contributed by atoms with Crippen molar-refractivity contribution in [3.8, 4) is 0 Å². The molecule has 0 saturated carbocycles. The second-order valence-electron chi connectivity index (χ2n) is 4.22. The molecule has 7 heteroatoms. The topological polar surface area (TPSA) is 51.0 Å². The Kier molecular flexibility index (Phi) is 3.35. The van der Waals surface area contributed by atoms with Gasteiger partial charge in [-0.05, 0) is 12.8 Å². The van der Waals surface area contributed by atoms with E-state index in [1.807, 2.05) is 7.05 Å². The van der Waals surface area contributed by atoms with Gasteiger partial charge in [0.05, 0.1) is 0 Å². The maximum Gasteiger partial charge on any atom is 0.315 e. The Labute approximate surface area is 97.4 Å².